The molecule has 0 aromatic heterocycles. The lowest BCUT2D eigenvalue weighted by atomic mass is 10.3. The van der Waals surface area contributed by atoms with E-state index in [1.807, 2.05) is 6.07 Å². The summed E-state index contributed by atoms with van der Waals surface area (Å²) in [6, 6.07) is 11.9. The summed E-state index contributed by atoms with van der Waals surface area (Å²) in [5, 5.41) is 5.44. The van der Waals surface area contributed by atoms with Gasteiger partial charge in [0.15, 0.2) is 0 Å². The number of hydrogen-bond acceptors (Lipinski definition) is 3. The Morgan fingerprint density at radius 1 is 1.15 bits per heavy atom. The van der Waals surface area contributed by atoms with E-state index in [-0.39, 0.29) is 6.03 Å². The Bertz CT molecular complexity index is 614. The van der Waals surface area contributed by atoms with E-state index in [4.69, 9.17) is 10.5 Å². The number of carbonyl (C=O) groups is 1. The molecule has 0 spiro atoms. The third-order valence-electron chi connectivity index (χ3n) is 2.58. The molecule has 2 amide bonds. The van der Waals surface area contributed by atoms with E-state index >= 15 is 0 Å². The summed E-state index contributed by atoms with van der Waals surface area (Å²) in [5.41, 5.74) is 7.47. The van der Waals surface area contributed by atoms with Gasteiger partial charge in [0.1, 0.15) is 5.75 Å². The molecule has 2 aromatic carbocycles. The predicted octanol–water partition coefficient (Wildman–Crippen LogP) is 3.68. The van der Waals surface area contributed by atoms with Crippen LogP contribution in [0.5, 0.6) is 5.75 Å². The molecule has 0 heterocycles. The van der Waals surface area contributed by atoms with E-state index in [2.05, 4.69) is 26.6 Å². The van der Waals surface area contributed by atoms with Gasteiger partial charge in [-0.2, -0.15) is 0 Å². The van der Waals surface area contributed by atoms with Gasteiger partial charge in [0.2, 0.25) is 0 Å². The third kappa shape index (κ3) is 3.64. The maximum Gasteiger partial charge on any atom is 0.323 e. The van der Waals surface area contributed by atoms with Crippen molar-refractivity contribution >= 4 is 39.0 Å². The van der Waals surface area contributed by atoms with Gasteiger partial charge >= 0.3 is 6.03 Å². The van der Waals surface area contributed by atoms with Crippen molar-refractivity contribution < 1.29 is 9.53 Å². The topological polar surface area (TPSA) is 76.4 Å². The highest BCUT2D eigenvalue weighted by Gasteiger charge is 2.08. The molecule has 0 unspecified atom stereocenters. The normalized spacial score (nSPS) is 9.90. The number of nitrogens with one attached hydrogen (secondary N) is 2. The molecule has 2 rings (SSSR count). The van der Waals surface area contributed by atoms with Gasteiger partial charge in [-0.25, -0.2) is 4.79 Å². The molecule has 4 N–H and O–H groups in total. The molecule has 0 radical (unpaired) electrons. The summed E-state index contributed by atoms with van der Waals surface area (Å²) in [7, 11) is 1.55. The van der Waals surface area contributed by atoms with Crippen LogP contribution in [0.1, 0.15) is 0 Å². The fourth-order valence-corrected chi connectivity index (χ4v) is 1.99. The van der Waals surface area contributed by atoms with E-state index < -0.39 is 0 Å². The second-order valence-electron chi connectivity index (χ2n) is 4.05. The number of ether oxygens (including phenoxy) is 1. The summed E-state index contributed by atoms with van der Waals surface area (Å²) in [6.07, 6.45) is 0. The number of nitrogen functional groups attached to an aromatic ring is 1. The van der Waals surface area contributed by atoms with E-state index in [9.17, 15) is 4.79 Å². The zero-order chi connectivity index (χ0) is 14.5. The summed E-state index contributed by atoms with van der Waals surface area (Å²) in [4.78, 5) is 11.9. The van der Waals surface area contributed by atoms with Gasteiger partial charge in [0.05, 0.1) is 12.8 Å². The lowest BCUT2D eigenvalue weighted by Gasteiger charge is -2.11. The van der Waals surface area contributed by atoms with Gasteiger partial charge in [0.25, 0.3) is 0 Å². The van der Waals surface area contributed by atoms with Crippen LogP contribution in [-0.4, -0.2) is 13.1 Å². The number of anilines is 3. The zero-order valence-corrected chi connectivity index (χ0v) is 12.4. The van der Waals surface area contributed by atoms with E-state index in [0.29, 0.717) is 22.8 Å². The number of carbonyl (C=O) groups excluding carboxylic acids is 1. The Kier molecular flexibility index (Phi) is 4.47. The first-order chi connectivity index (χ1) is 9.58. The van der Waals surface area contributed by atoms with E-state index in [0.717, 1.165) is 4.47 Å². The second kappa shape index (κ2) is 6.29. The maximum atomic E-state index is 11.9. The molecule has 6 heteroatoms. The lowest BCUT2D eigenvalue weighted by molar-refractivity contribution is 0.262. The van der Waals surface area contributed by atoms with Crippen LogP contribution in [0.3, 0.4) is 0 Å². The van der Waals surface area contributed by atoms with Gasteiger partial charge < -0.3 is 21.1 Å². The number of methoxy groups -OCH3 is 1. The van der Waals surface area contributed by atoms with Gasteiger partial charge in [0, 0.05) is 15.8 Å². The molecule has 0 bridgehead atoms. The first-order valence-corrected chi connectivity index (χ1v) is 6.65. The molecule has 0 aliphatic rings. The van der Waals surface area contributed by atoms with Gasteiger partial charge in [-0.1, -0.05) is 15.9 Å². The quantitative estimate of drug-likeness (QED) is 0.748. The number of rotatable bonds is 3. The monoisotopic (exact) mass is 335 g/mol. The minimum atomic E-state index is -0.355. The SMILES string of the molecule is COc1ccc(Br)cc1NC(=O)Nc1ccc(N)cc1. The average Bonchev–Trinajstić information content (AvgIpc) is 2.41. The largest absolute Gasteiger partial charge is 0.495 e. The first-order valence-electron chi connectivity index (χ1n) is 5.85. The highest BCUT2D eigenvalue weighted by atomic mass is 79.9. The highest BCUT2D eigenvalue weighted by molar-refractivity contribution is 9.10. The van der Waals surface area contributed by atoms with Gasteiger partial charge in [-0.15, -0.1) is 0 Å². The molecule has 0 saturated heterocycles. The first kappa shape index (κ1) is 14.2. The standard InChI is InChI=1S/C14H14BrN3O2/c1-20-13-7-2-9(15)8-12(13)18-14(19)17-11-5-3-10(16)4-6-11/h2-8H,16H2,1H3,(H2,17,18,19). The fourth-order valence-electron chi connectivity index (χ4n) is 1.63. The molecule has 0 fully saturated rings. The van der Waals surface area contributed by atoms with Crippen LogP contribution >= 0.6 is 15.9 Å². The van der Waals surface area contributed by atoms with Crippen molar-refractivity contribution in [3.05, 3.63) is 46.9 Å². The number of benzene rings is 2. The molecule has 0 atom stereocenters. The van der Waals surface area contributed by atoms with E-state index in [1.54, 1.807) is 43.5 Å². The van der Waals surface area contributed by atoms with Crippen molar-refractivity contribution in [1.82, 2.24) is 0 Å². The highest BCUT2D eigenvalue weighted by Crippen LogP contribution is 2.28. The molecule has 104 valence electrons. The molecule has 0 aliphatic heterocycles. The number of nitrogens with two attached hydrogens (primary N) is 1. The second-order valence-corrected chi connectivity index (χ2v) is 4.96. The molecule has 0 aliphatic carbocycles. The molecule has 2 aromatic rings. The van der Waals surface area contributed by atoms with Crippen LogP contribution in [0.4, 0.5) is 21.9 Å². The molecule has 0 saturated carbocycles. The summed E-state index contributed by atoms with van der Waals surface area (Å²) in [5.74, 6) is 0.584. The zero-order valence-electron chi connectivity index (χ0n) is 10.8. The lowest BCUT2D eigenvalue weighted by Crippen LogP contribution is -2.19. The number of hydrogen-bond donors (Lipinski definition) is 3. The molecular weight excluding hydrogens is 322 g/mol. The van der Waals surface area contributed by atoms with Crippen molar-refractivity contribution in [2.75, 3.05) is 23.5 Å². The van der Waals surface area contributed by atoms with Gasteiger partial charge in [-0.05, 0) is 42.5 Å². The fraction of sp³-hybridized carbons (Fsp3) is 0.0714. The third-order valence-corrected chi connectivity index (χ3v) is 3.07. The smallest absolute Gasteiger partial charge is 0.323 e. The Morgan fingerprint density at radius 2 is 1.85 bits per heavy atom. The maximum absolute atomic E-state index is 11.9. The number of amides is 2. The van der Waals surface area contributed by atoms with Crippen LogP contribution in [0.2, 0.25) is 0 Å². The Balaban J connectivity index is 2.08. The molecular formula is C14H14BrN3O2. The van der Waals surface area contributed by atoms with Crippen molar-refractivity contribution in [3.8, 4) is 5.75 Å². The number of halogens is 1. The Morgan fingerprint density at radius 3 is 2.50 bits per heavy atom. The Labute approximate surface area is 125 Å². The van der Waals surface area contributed by atoms with Crippen LogP contribution in [0.25, 0.3) is 0 Å². The Hall–Kier alpha value is -2.21. The van der Waals surface area contributed by atoms with Crippen molar-refractivity contribution in [3.63, 3.8) is 0 Å². The predicted molar refractivity (Wildman–Crippen MR) is 84.2 cm³/mol. The van der Waals surface area contributed by atoms with Crippen LogP contribution in [-0.2, 0) is 0 Å². The van der Waals surface area contributed by atoms with Crippen LogP contribution in [0.15, 0.2) is 46.9 Å². The molecule has 20 heavy (non-hydrogen) atoms. The van der Waals surface area contributed by atoms with Crippen molar-refractivity contribution in [1.29, 1.82) is 0 Å². The van der Waals surface area contributed by atoms with Crippen molar-refractivity contribution in [2.24, 2.45) is 0 Å². The molecule has 5 nitrogen and oxygen atoms in total. The summed E-state index contributed by atoms with van der Waals surface area (Å²) in [6.45, 7) is 0. The number of urea groups is 1. The minimum absolute atomic E-state index is 0.355. The van der Waals surface area contributed by atoms with E-state index in [1.165, 1.54) is 0 Å². The van der Waals surface area contributed by atoms with Crippen molar-refractivity contribution in [2.45, 2.75) is 0 Å². The summed E-state index contributed by atoms with van der Waals surface area (Å²) >= 11 is 3.35. The van der Waals surface area contributed by atoms with Crippen LogP contribution in [0, 0.1) is 0 Å². The minimum Gasteiger partial charge on any atom is -0.495 e. The summed E-state index contributed by atoms with van der Waals surface area (Å²) < 4.78 is 6.04. The van der Waals surface area contributed by atoms with Gasteiger partial charge in [-0.3, -0.25) is 0 Å². The average molecular weight is 336 g/mol. The van der Waals surface area contributed by atoms with Crippen LogP contribution < -0.4 is 21.1 Å².